The highest BCUT2D eigenvalue weighted by Crippen LogP contribution is 2.37. The van der Waals surface area contributed by atoms with E-state index in [4.69, 9.17) is 21.1 Å². The second-order valence-corrected chi connectivity index (χ2v) is 9.91. The number of aryl methyl sites for hydroxylation is 1. The molecule has 0 spiro atoms. The number of fused-ring (bicyclic) bond motifs is 1. The zero-order valence-electron chi connectivity index (χ0n) is 20.5. The molecule has 0 aliphatic carbocycles. The molecule has 3 aromatic carbocycles. The van der Waals surface area contributed by atoms with Crippen molar-refractivity contribution in [2.24, 2.45) is 0 Å². The van der Waals surface area contributed by atoms with Crippen LogP contribution in [0.15, 0.2) is 66.7 Å². The Kier molecular flexibility index (Phi) is 7.85. The summed E-state index contributed by atoms with van der Waals surface area (Å²) < 4.78 is 11.5. The summed E-state index contributed by atoms with van der Waals surface area (Å²) in [5.74, 6) is 0.288. The Morgan fingerprint density at radius 1 is 1.06 bits per heavy atom. The molecule has 4 rings (SSSR count). The molecule has 0 aromatic heterocycles. The highest BCUT2D eigenvalue weighted by molar-refractivity contribution is 6.30. The van der Waals surface area contributed by atoms with E-state index >= 15 is 0 Å². The topological polar surface area (TPSA) is 76.1 Å². The first kappa shape index (κ1) is 25.6. The molecule has 0 saturated carbocycles. The number of ether oxygens (including phenoxy) is 2. The molecule has 0 bridgehead atoms. The maximum Gasteiger partial charge on any atom is 0.323 e. The largest absolute Gasteiger partial charge is 0.497 e. The number of carbonyl (C=O) groups excluding carboxylic acids is 1. The second-order valence-electron chi connectivity index (χ2n) is 9.47. The molecule has 188 valence electrons. The fraction of sp³-hybridized carbons (Fsp3) is 0.310. The minimum atomic E-state index is -1.04. The van der Waals surface area contributed by atoms with Crippen LogP contribution in [-0.4, -0.2) is 41.1 Å². The van der Waals surface area contributed by atoms with Gasteiger partial charge in [0.2, 0.25) is 5.91 Å². The van der Waals surface area contributed by atoms with Crippen molar-refractivity contribution >= 4 is 23.5 Å². The fourth-order valence-electron chi connectivity index (χ4n) is 4.66. The highest BCUT2D eigenvalue weighted by atomic mass is 35.5. The Labute approximate surface area is 216 Å². The van der Waals surface area contributed by atoms with Crippen molar-refractivity contribution in [2.75, 3.05) is 13.7 Å². The van der Waals surface area contributed by atoms with Crippen LogP contribution in [0.4, 0.5) is 0 Å². The highest BCUT2D eigenvalue weighted by Gasteiger charge is 2.35. The van der Waals surface area contributed by atoms with E-state index in [0.717, 1.165) is 40.8 Å². The average Bonchev–Trinajstić information content (AvgIpc) is 3.18. The van der Waals surface area contributed by atoms with E-state index in [1.807, 2.05) is 60.7 Å². The summed E-state index contributed by atoms with van der Waals surface area (Å²) in [6, 6.07) is 21.2. The van der Waals surface area contributed by atoms with E-state index in [2.05, 4.69) is 13.0 Å². The predicted octanol–water partition coefficient (Wildman–Crippen LogP) is 5.33. The Hall–Kier alpha value is -3.51. The van der Waals surface area contributed by atoms with Crippen LogP contribution in [0.5, 0.6) is 11.5 Å². The zero-order chi connectivity index (χ0) is 25.7. The molecule has 1 N–H and O–H groups in total. The van der Waals surface area contributed by atoms with E-state index in [0.29, 0.717) is 17.2 Å². The van der Waals surface area contributed by atoms with Crippen molar-refractivity contribution in [1.29, 1.82) is 0 Å². The Bertz CT molecular complexity index is 1240. The van der Waals surface area contributed by atoms with Gasteiger partial charge < -0.3 is 19.5 Å². The molecule has 1 aliphatic rings. The lowest BCUT2D eigenvalue weighted by Crippen LogP contribution is -2.35. The summed E-state index contributed by atoms with van der Waals surface area (Å²) in [5, 5.41) is 10.0. The first-order chi connectivity index (χ1) is 17.2. The van der Waals surface area contributed by atoms with Gasteiger partial charge in [-0.05, 0) is 65.9 Å². The van der Waals surface area contributed by atoms with Crippen LogP contribution in [0.25, 0.3) is 0 Å². The number of halogens is 1. The summed E-state index contributed by atoms with van der Waals surface area (Å²) in [5.41, 5.74) is 3.78. The van der Waals surface area contributed by atoms with Gasteiger partial charge in [-0.25, -0.2) is 0 Å². The van der Waals surface area contributed by atoms with Gasteiger partial charge in [-0.3, -0.25) is 9.59 Å². The van der Waals surface area contributed by atoms with Crippen LogP contribution >= 0.6 is 11.6 Å². The first-order valence-electron chi connectivity index (χ1n) is 11.9. The van der Waals surface area contributed by atoms with Gasteiger partial charge in [-0.2, -0.15) is 0 Å². The van der Waals surface area contributed by atoms with Crippen LogP contribution in [0, 0.1) is 0 Å². The van der Waals surface area contributed by atoms with Gasteiger partial charge in [0.1, 0.15) is 23.6 Å². The van der Waals surface area contributed by atoms with Gasteiger partial charge in [-0.15, -0.1) is 0 Å². The van der Waals surface area contributed by atoms with Gasteiger partial charge in [0.25, 0.3) is 0 Å². The summed E-state index contributed by atoms with van der Waals surface area (Å²) in [6.07, 6.45) is 2.28. The number of hydrogen-bond acceptors (Lipinski definition) is 4. The molecule has 1 aliphatic heterocycles. The Balaban J connectivity index is 1.38. The number of carbonyl (C=O) groups is 2. The molecule has 1 atom stereocenters. The standard InChI is InChI=1S/C29H30ClNO5/c1-29(16-21-6-10-24(30)11-7-21)17-23-14-20(8-12-26(23)36-29)9-13-27(32)31(19-28(33)34)18-22-4-3-5-25(15-22)35-2/h3-8,10-12,14-15H,9,13,16-19H2,1-2H3,(H,33,34)/t29-/m1/s1. The fourth-order valence-corrected chi connectivity index (χ4v) is 4.79. The summed E-state index contributed by atoms with van der Waals surface area (Å²) in [4.78, 5) is 25.7. The maximum absolute atomic E-state index is 13.0. The smallest absolute Gasteiger partial charge is 0.323 e. The third-order valence-electron chi connectivity index (χ3n) is 6.35. The van der Waals surface area contributed by atoms with Crippen LogP contribution in [0.1, 0.15) is 35.6 Å². The van der Waals surface area contributed by atoms with Crippen LogP contribution in [-0.2, 0) is 35.4 Å². The monoisotopic (exact) mass is 507 g/mol. The number of rotatable bonds is 10. The Morgan fingerprint density at radius 3 is 2.53 bits per heavy atom. The van der Waals surface area contributed by atoms with Gasteiger partial charge in [0, 0.05) is 30.8 Å². The Morgan fingerprint density at radius 2 is 1.81 bits per heavy atom. The van der Waals surface area contributed by atoms with Crippen LogP contribution in [0.3, 0.4) is 0 Å². The molecule has 1 amide bonds. The number of hydrogen-bond donors (Lipinski definition) is 1. The third-order valence-corrected chi connectivity index (χ3v) is 6.60. The van der Waals surface area contributed by atoms with E-state index in [1.165, 1.54) is 4.90 Å². The maximum atomic E-state index is 13.0. The minimum absolute atomic E-state index is 0.204. The molecule has 0 fully saturated rings. The van der Waals surface area contributed by atoms with Gasteiger partial charge in [-0.1, -0.05) is 48.0 Å². The summed E-state index contributed by atoms with van der Waals surface area (Å²) in [7, 11) is 1.57. The number of benzene rings is 3. The van der Waals surface area contributed by atoms with Crippen molar-refractivity contribution in [1.82, 2.24) is 4.90 Å². The molecule has 0 unspecified atom stereocenters. The van der Waals surface area contributed by atoms with Crippen molar-refractivity contribution in [3.8, 4) is 11.5 Å². The zero-order valence-corrected chi connectivity index (χ0v) is 21.3. The molecule has 6 nitrogen and oxygen atoms in total. The van der Waals surface area contributed by atoms with Gasteiger partial charge >= 0.3 is 5.97 Å². The van der Waals surface area contributed by atoms with Gasteiger partial charge in [0.15, 0.2) is 0 Å². The lowest BCUT2D eigenvalue weighted by Gasteiger charge is -2.24. The third kappa shape index (κ3) is 6.58. The molecule has 0 radical (unpaired) electrons. The van der Waals surface area contributed by atoms with Crippen LogP contribution in [0.2, 0.25) is 5.02 Å². The van der Waals surface area contributed by atoms with Crippen molar-refractivity contribution in [3.05, 3.63) is 94.0 Å². The predicted molar refractivity (Wildman–Crippen MR) is 139 cm³/mol. The molecule has 1 heterocycles. The summed E-state index contributed by atoms with van der Waals surface area (Å²) in [6.45, 7) is 1.97. The number of aliphatic carboxylic acids is 1. The molecule has 0 saturated heterocycles. The SMILES string of the molecule is COc1cccc(CN(CC(=O)O)C(=O)CCc2ccc3c(c2)C[C@@](C)(Cc2ccc(Cl)cc2)O3)c1. The van der Waals surface area contributed by atoms with Crippen molar-refractivity contribution < 1.29 is 24.2 Å². The first-order valence-corrected chi connectivity index (χ1v) is 12.3. The lowest BCUT2D eigenvalue weighted by molar-refractivity contribution is -0.144. The van der Waals surface area contributed by atoms with Crippen molar-refractivity contribution in [2.45, 2.75) is 44.8 Å². The van der Waals surface area contributed by atoms with E-state index in [9.17, 15) is 14.7 Å². The molecule has 36 heavy (non-hydrogen) atoms. The molecule has 3 aromatic rings. The summed E-state index contributed by atoms with van der Waals surface area (Å²) >= 11 is 6.01. The average molecular weight is 508 g/mol. The number of carboxylic acids is 1. The van der Waals surface area contributed by atoms with E-state index < -0.39 is 5.97 Å². The normalized spacial score (nSPS) is 16.2. The number of amides is 1. The second kappa shape index (κ2) is 11.0. The molecule has 7 heteroatoms. The number of carboxylic acid groups (broad SMARTS) is 1. The number of nitrogens with zero attached hydrogens (tertiary/aromatic N) is 1. The van der Waals surface area contributed by atoms with Gasteiger partial charge in [0.05, 0.1) is 7.11 Å². The van der Waals surface area contributed by atoms with Crippen molar-refractivity contribution in [3.63, 3.8) is 0 Å². The molecular weight excluding hydrogens is 478 g/mol. The number of methoxy groups -OCH3 is 1. The quantitative estimate of drug-likeness (QED) is 0.401. The minimum Gasteiger partial charge on any atom is -0.497 e. The van der Waals surface area contributed by atoms with E-state index in [1.54, 1.807) is 7.11 Å². The van der Waals surface area contributed by atoms with E-state index in [-0.39, 0.29) is 31.0 Å². The molecular formula is C29H30ClNO5. The lowest BCUT2D eigenvalue weighted by atomic mass is 9.91. The van der Waals surface area contributed by atoms with Crippen LogP contribution < -0.4 is 9.47 Å².